The maximum absolute atomic E-state index is 9.91. The number of aryl methyl sites for hydroxylation is 3. The van der Waals surface area contributed by atoms with Crippen LogP contribution in [0.3, 0.4) is 0 Å². The largest absolute Gasteiger partial charge is 0.391 e. The van der Waals surface area contributed by atoms with Crippen molar-refractivity contribution >= 4 is 22.7 Å². The fraction of sp³-hybridized carbons (Fsp3) is 0.429. The van der Waals surface area contributed by atoms with E-state index in [0.29, 0.717) is 19.0 Å². The van der Waals surface area contributed by atoms with Crippen LogP contribution >= 0.6 is 0 Å². The Hall–Kier alpha value is -2.60. The zero-order valence-corrected chi connectivity index (χ0v) is 16.2. The van der Waals surface area contributed by atoms with Crippen molar-refractivity contribution in [3.8, 4) is 0 Å². The molecular formula is C21H27N5O. The van der Waals surface area contributed by atoms with Gasteiger partial charge < -0.3 is 20.3 Å². The van der Waals surface area contributed by atoms with E-state index in [9.17, 15) is 5.11 Å². The van der Waals surface area contributed by atoms with Crippen molar-refractivity contribution in [1.82, 2.24) is 15.0 Å². The number of rotatable bonds is 4. The summed E-state index contributed by atoms with van der Waals surface area (Å²) in [6.07, 6.45) is 3.36. The number of β-amino-alcohol motifs (C(OH)–C–C–N with tert-alkyl or cyclic N) is 1. The summed E-state index contributed by atoms with van der Waals surface area (Å²) in [6, 6.07) is 6.35. The van der Waals surface area contributed by atoms with Crippen LogP contribution in [-0.4, -0.2) is 39.3 Å². The molecule has 1 atom stereocenters. The van der Waals surface area contributed by atoms with Crippen molar-refractivity contribution < 1.29 is 5.11 Å². The third-order valence-corrected chi connectivity index (χ3v) is 5.44. The predicted octanol–water partition coefficient (Wildman–Crippen LogP) is 3.46. The van der Waals surface area contributed by atoms with Crippen LogP contribution in [0.2, 0.25) is 0 Å². The lowest BCUT2D eigenvalue weighted by Crippen LogP contribution is -2.38. The lowest BCUT2D eigenvalue weighted by atomic mass is 10.0. The van der Waals surface area contributed by atoms with Crippen molar-refractivity contribution in [3.05, 3.63) is 46.8 Å². The van der Waals surface area contributed by atoms with Crippen LogP contribution in [-0.2, 0) is 6.54 Å². The Morgan fingerprint density at radius 2 is 2.15 bits per heavy atom. The summed E-state index contributed by atoms with van der Waals surface area (Å²) in [5.74, 6) is 1.48. The van der Waals surface area contributed by atoms with Gasteiger partial charge in [0, 0.05) is 36.9 Å². The second-order valence-corrected chi connectivity index (χ2v) is 7.56. The lowest BCUT2D eigenvalue weighted by Gasteiger charge is -2.31. The Bertz CT molecular complexity index is 965. The smallest absolute Gasteiger partial charge is 0.224 e. The zero-order valence-electron chi connectivity index (χ0n) is 16.2. The molecule has 2 aromatic heterocycles. The van der Waals surface area contributed by atoms with Crippen LogP contribution in [0, 0.1) is 20.8 Å². The molecular weight excluding hydrogens is 338 g/mol. The molecule has 0 amide bonds. The summed E-state index contributed by atoms with van der Waals surface area (Å²) in [7, 11) is 0. The van der Waals surface area contributed by atoms with E-state index >= 15 is 0 Å². The van der Waals surface area contributed by atoms with Gasteiger partial charge in [-0.1, -0.05) is 11.6 Å². The highest BCUT2D eigenvalue weighted by Crippen LogP contribution is 2.26. The molecule has 4 rings (SSSR count). The number of piperidine rings is 1. The van der Waals surface area contributed by atoms with Gasteiger partial charge in [-0.3, -0.25) is 0 Å². The first-order chi connectivity index (χ1) is 13.0. The summed E-state index contributed by atoms with van der Waals surface area (Å²) in [5, 5.41) is 14.6. The summed E-state index contributed by atoms with van der Waals surface area (Å²) >= 11 is 0. The number of anilines is 2. The molecule has 1 aliphatic rings. The SMILES string of the molecule is Cc1cc(CNc2nccc(N3CCC[C@@H](O)C3)n2)c2[nH]c(C)c(C)c2c1. The van der Waals surface area contributed by atoms with E-state index in [1.54, 1.807) is 6.20 Å². The van der Waals surface area contributed by atoms with E-state index in [0.717, 1.165) is 25.2 Å². The standard InChI is InChI=1S/C21H27N5O/c1-13-9-16(20-18(10-13)14(2)15(3)24-20)11-23-21-22-7-6-19(25-21)26-8-4-5-17(27)12-26/h6-7,9-10,17,24,27H,4-5,8,11-12H2,1-3H3,(H,22,23,25)/t17-/m1/s1. The molecule has 1 aliphatic heterocycles. The van der Waals surface area contributed by atoms with E-state index in [1.807, 2.05) is 6.07 Å². The van der Waals surface area contributed by atoms with Gasteiger partial charge in [0.05, 0.1) is 11.6 Å². The average molecular weight is 365 g/mol. The monoisotopic (exact) mass is 365 g/mol. The maximum atomic E-state index is 9.91. The molecule has 0 aliphatic carbocycles. The second-order valence-electron chi connectivity index (χ2n) is 7.56. The second kappa shape index (κ2) is 7.19. The van der Waals surface area contributed by atoms with Gasteiger partial charge in [0.15, 0.2) is 0 Å². The molecule has 142 valence electrons. The first-order valence-electron chi connectivity index (χ1n) is 9.59. The van der Waals surface area contributed by atoms with Crippen LogP contribution < -0.4 is 10.2 Å². The minimum Gasteiger partial charge on any atom is -0.391 e. The number of aromatic amines is 1. The third kappa shape index (κ3) is 3.62. The molecule has 6 heteroatoms. The Balaban J connectivity index is 1.55. The highest BCUT2D eigenvalue weighted by atomic mass is 16.3. The molecule has 0 unspecified atom stereocenters. The average Bonchev–Trinajstić information content (AvgIpc) is 2.95. The van der Waals surface area contributed by atoms with E-state index in [2.05, 4.69) is 58.1 Å². The van der Waals surface area contributed by atoms with Crippen molar-refractivity contribution in [1.29, 1.82) is 0 Å². The number of aliphatic hydroxyl groups is 1. The Kier molecular flexibility index (Phi) is 4.74. The number of H-pyrrole nitrogens is 1. The Morgan fingerprint density at radius 1 is 1.30 bits per heavy atom. The first-order valence-corrected chi connectivity index (χ1v) is 9.59. The number of aromatic nitrogens is 3. The molecule has 0 saturated carbocycles. The summed E-state index contributed by atoms with van der Waals surface area (Å²) < 4.78 is 0. The summed E-state index contributed by atoms with van der Waals surface area (Å²) in [6.45, 7) is 8.61. The highest BCUT2D eigenvalue weighted by molar-refractivity contribution is 5.88. The molecule has 1 aromatic carbocycles. The summed E-state index contributed by atoms with van der Waals surface area (Å²) in [5.41, 5.74) is 6.15. The highest BCUT2D eigenvalue weighted by Gasteiger charge is 2.19. The van der Waals surface area contributed by atoms with Crippen molar-refractivity contribution in [2.45, 2.75) is 46.3 Å². The fourth-order valence-corrected chi connectivity index (χ4v) is 3.88. The molecule has 3 heterocycles. The first kappa shape index (κ1) is 17.8. The van der Waals surface area contributed by atoms with Gasteiger partial charge in [0.1, 0.15) is 5.82 Å². The lowest BCUT2D eigenvalue weighted by molar-refractivity contribution is 0.154. The predicted molar refractivity (Wildman–Crippen MR) is 109 cm³/mol. The van der Waals surface area contributed by atoms with E-state index in [4.69, 9.17) is 0 Å². The van der Waals surface area contributed by atoms with Crippen molar-refractivity contribution in [2.24, 2.45) is 0 Å². The van der Waals surface area contributed by atoms with Crippen LogP contribution in [0.5, 0.6) is 0 Å². The van der Waals surface area contributed by atoms with Gasteiger partial charge in [0.2, 0.25) is 5.95 Å². The maximum Gasteiger partial charge on any atom is 0.224 e. The van der Waals surface area contributed by atoms with Crippen molar-refractivity contribution in [2.75, 3.05) is 23.3 Å². The van der Waals surface area contributed by atoms with Gasteiger partial charge in [-0.2, -0.15) is 4.98 Å². The summed E-state index contributed by atoms with van der Waals surface area (Å²) in [4.78, 5) is 14.7. The van der Waals surface area contributed by atoms with E-state index < -0.39 is 0 Å². The van der Waals surface area contributed by atoms with Crippen LogP contribution in [0.25, 0.3) is 10.9 Å². The number of aliphatic hydroxyl groups excluding tert-OH is 1. The molecule has 1 saturated heterocycles. The topological polar surface area (TPSA) is 77.1 Å². The van der Waals surface area contributed by atoms with Gasteiger partial charge in [-0.25, -0.2) is 4.98 Å². The molecule has 27 heavy (non-hydrogen) atoms. The number of benzene rings is 1. The normalized spacial score (nSPS) is 17.5. The van der Waals surface area contributed by atoms with Crippen LogP contribution in [0.1, 0.15) is 35.2 Å². The molecule has 3 N–H and O–H groups in total. The molecule has 1 fully saturated rings. The Labute approximate surface area is 159 Å². The van der Waals surface area contributed by atoms with Crippen molar-refractivity contribution in [3.63, 3.8) is 0 Å². The van der Waals surface area contributed by atoms with Crippen LogP contribution in [0.15, 0.2) is 24.4 Å². The number of nitrogens with zero attached hydrogens (tertiary/aromatic N) is 3. The van der Waals surface area contributed by atoms with E-state index in [1.165, 1.54) is 33.3 Å². The minimum absolute atomic E-state index is 0.273. The van der Waals surface area contributed by atoms with Gasteiger partial charge in [-0.15, -0.1) is 0 Å². The number of nitrogens with one attached hydrogen (secondary N) is 2. The molecule has 0 spiro atoms. The van der Waals surface area contributed by atoms with Gasteiger partial charge in [-0.05, 0) is 56.9 Å². The number of fused-ring (bicyclic) bond motifs is 1. The number of hydrogen-bond acceptors (Lipinski definition) is 5. The third-order valence-electron chi connectivity index (χ3n) is 5.44. The van der Waals surface area contributed by atoms with Gasteiger partial charge in [0.25, 0.3) is 0 Å². The molecule has 0 radical (unpaired) electrons. The van der Waals surface area contributed by atoms with E-state index in [-0.39, 0.29) is 6.10 Å². The van der Waals surface area contributed by atoms with Gasteiger partial charge >= 0.3 is 0 Å². The molecule has 6 nitrogen and oxygen atoms in total. The fourth-order valence-electron chi connectivity index (χ4n) is 3.88. The number of hydrogen-bond donors (Lipinski definition) is 3. The quantitative estimate of drug-likeness (QED) is 0.660. The molecule has 3 aromatic rings. The van der Waals surface area contributed by atoms with Crippen LogP contribution in [0.4, 0.5) is 11.8 Å². The Morgan fingerprint density at radius 3 is 2.96 bits per heavy atom. The minimum atomic E-state index is -0.273. The molecule has 0 bridgehead atoms. The zero-order chi connectivity index (χ0) is 19.0.